The van der Waals surface area contributed by atoms with E-state index >= 15 is 0 Å². The normalized spacial score (nSPS) is 15.0. The number of nitrogens with two attached hydrogens (primary N) is 1. The lowest BCUT2D eigenvalue weighted by Gasteiger charge is -2.26. The van der Waals surface area contributed by atoms with Crippen LogP contribution in [0.2, 0.25) is 0 Å². The molecule has 21 heavy (non-hydrogen) atoms. The van der Waals surface area contributed by atoms with E-state index in [0.717, 1.165) is 36.4 Å². The van der Waals surface area contributed by atoms with E-state index in [9.17, 15) is 4.79 Å². The van der Waals surface area contributed by atoms with Crippen LogP contribution in [0.1, 0.15) is 36.1 Å². The maximum absolute atomic E-state index is 12.4. The van der Waals surface area contributed by atoms with Crippen molar-refractivity contribution in [2.24, 2.45) is 5.73 Å². The predicted octanol–water partition coefficient (Wildman–Crippen LogP) is 2.49. The molecule has 2 rings (SSSR count). The summed E-state index contributed by atoms with van der Waals surface area (Å²) in [6.07, 6.45) is 4.72. The van der Waals surface area contributed by atoms with Gasteiger partial charge in [-0.3, -0.25) is 0 Å². The van der Waals surface area contributed by atoms with Crippen LogP contribution in [0.15, 0.2) is 11.4 Å². The molecule has 2 N–H and O–H groups in total. The fourth-order valence-electron chi connectivity index (χ4n) is 2.49. The average Bonchev–Trinajstić information content (AvgIpc) is 2.75. The summed E-state index contributed by atoms with van der Waals surface area (Å²) in [6, 6.07) is 2.18. The van der Waals surface area contributed by atoms with E-state index in [4.69, 9.17) is 5.73 Å². The number of likely N-dealkylation sites (tertiary alicyclic amines) is 1. The third kappa shape index (κ3) is 4.76. The van der Waals surface area contributed by atoms with Gasteiger partial charge in [-0.25, -0.2) is 4.79 Å². The van der Waals surface area contributed by atoms with Gasteiger partial charge in [-0.1, -0.05) is 24.7 Å². The molecule has 1 aromatic heterocycles. The Labute approximate surface area is 130 Å². The van der Waals surface area contributed by atoms with Crippen molar-refractivity contribution < 1.29 is 4.79 Å². The number of carbonyl (C=O) groups is 1. The number of hydrogen-bond donors (Lipinski definition) is 1. The molecule has 0 spiro atoms. The van der Waals surface area contributed by atoms with Gasteiger partial charge in [0.25, 0.3) is 0 Å². The van der Waals surface area contributed by atoms with E-state index in [1.54, 1.807) is 16.2 Å². The van der Waals surface area contributed by atoms with Crippen LogP contribution >= 0.6 is 11.3 Å². The lowest BCUT2D eigenvalue weighted by molar-refractivity contribution is 0.163. The molecular formula is C16H23N3OS. The van der Waals surface area contributed by atoms with Gasteiger partial charge < -0.3 is 15.5 Å². The number of nitrogens with zero attached hydrogens (tertiary/aromatic N) is 2. The number of rotatable bonds is 2. The number of amides is 2. The Morgan fingerprint density at radius 1 is 1.38 bits per heavy atom. The fourth-order valence-corrected chi connectivity index (χ4v) is 3.36. The van der Waals surface area contributed by atoms with E-state index in [1.165, 1.54) is 12.8 Å². The van der Waals surface area contributed by atoms with Crippen LogP contribution in [0.4, 0.5) is 4.79 Å². The Morgan fingerprint density at radius 3 is 2.76 bits per heavy atom. The highest BCUT2D eigenvalue weighted by molar-refractivity contribution is 7.10. The zero-order valence-electron chi connectivity index (χ0n) is 12.6. The van der Waals surface area contributed by atoms with Crippen LogP contribution in [0.25, 0.3) is 0 Å². The second-order valence-corrected chi connectivity index (χ2v) is 6.34. The van der Waals surface area contributed by atoms with E-state index in [2.05, 4.69) is 11.8 Å². The minimum atomic E-state index is 0.139. The Hall–Kier alpha value is -1.51. The van der Waals surface area contributed by atoms with E-state index in [0.29, 0.717) is 13.1 Å². The smallest absolute Gasteiger partial charge is 0.320 e. The minimum absolute atomic E-state index is 0.139. The molecule has 5 heteroatoms. The van der Waals surface area contributed by atoms with Crippen molar-refractivity contribution in [2.75, 3.05) is 26.7 Å². The van der Waals surface area contributed by atoms with Gasteiger partial charge in [-0.05, 0) is 18.9 Å². The van der Waals surface area contributed by atoms with Crippen LogP contribution in [0.3, 0.4) is 0 Å². The van der Waals surface area contributed by atoms with Gasteiger partial charge in [0.15, 0.2) is 0 Å². The van der Waals surface area contributed by atoms with Crippen LogP contribution in [-0.2, 0) is 6.54 Å². The molecule has 1 fully saturated rings. The summed E-state index contributed by atoms with van der Waals surface area (Å²) in [5.74, 6) is 5.87. The standard InChI is InChI=1S/C16H23N3OS/c1-18(16(20)19-9-4-2-3-5-10-19)12-15-11-14(13-21-15)7-6-8-17/h11,13H,2-5,8-10,12,17H2,1H3. The lowest BCUT2D eigenvalue weighted by atomic mass is 10.2. The quantitative estimate of drug-likeness (QED) is 0.853. The van der Waals surface area contributed by atoms with E-state index < -0.39 is 0 Å². The predicted molar refractivity (Wildman–Crippen MR) is 87.2 cm³/mol. The molecule has 0 radical (unpaired) electrons. The Kier molecular flexibility index (Phi) is 6.09. The van der Waals surface area contributed by atoms with E-state index in [1.807, 2.05) is 23.4 Å². The fraction of sp³-hybridized carbons (Fsp3) is 0.562. The van der Waals surface area contributed by atoms with E-state index in [-0.39, 0.29) is 6.03 Å². The van der Waals surface area contributed by atoms with Crippen molar-refractivity contribution in [3.8, 4) is 11.8 Å². The molecule has 0 atom stereocenters. The van der Waals surface area contributed by atoms with Crippen molar-refractivity contribution >= 4 is 17.4 Å². The van der Waals surface area contributed by atoms with Crippen LogP contribution in [0.5, 0.6) is 0 Å². The number of thiophene rings is 1. The zero-order chi connectivity index (χ0) is 15.1. The summed E-state index contributed by atoms with van der Waals surface area (Å²) < 4.78 is 0. The summed E-state index contributed by atoms with van der Waals surface area (Å²) in [7, 11) is 1.87. The summed E-state index contributed by atoms with van der Waals surface area (Å²) in [5.41, 5.74) is 6.35. The molecule has 0 unspecified atom stereocenters. The van der Waals surface area contributed by atoms with Crippen molar-refractivity contribution in [3.63, 3.8) is 0 Å². The second-order valence-electron chi connectivity index (χ2n) is 5.35. The minimum Gasteiger partial charge on any atom is -0.325 e. The van der Waals surface area contributed by atoms with Crippen molar-refractivity contribution in [2.45, 2.75) is 32.2 Å². The largest absolute Gasteiger partial charge is 0.325 e. The third-order valence-corrected chi connectivity index (χ3v) is 4.51. The third-order valence-electron chi connectivity index (χ3n) is 3.58. The Bertz CT molecular complexity index is 521. The summed E-state index contributed by atoms with van der Waals surface area (Å²) in [5, 5.41) is 2.02. The monoisotopic (exact) mass is 305 g/mol. The van der Waals surface area contributed by atoms with Crippen molar-refractivity contribution in [3.05, 3.63) is 21.9 Å². The molecule has 2 amide bonds. The lowest BCUT2D eigenvalue weighted by Crippen LogP contribution is -2.41. The number of carbonyl (C=O) groups excluding carboxylic acids is 1. The first-order chi connectivity index (χ1) is 10.2. The molecule has 0 aliphatic carbocycles. The van der Waals surface area contributed by atoms with Gasteiger partial charge in [0.1, 0.15) is 0 Å². The molecule has 114 valence electrons. The molecule has 1 aliphatic heterocycles. The Balaban J connectivity index is 1.91. The molecular weight excluding hydrogens is 282 g/mol. The molecule has 0 aromatic carbocycles. The number of urea groups is 1. The van der Waals surface area contributed by atoms with Gasteiger partial charge in [-0.2, -0.15) is 0 Å². The van der Waals surface area contributed by atoms with Gasteiger partial charge >= 0.3 is 6.03 Å². The SMILES string of the molecule is CN(Cc1cc(C#CCN)cs1)C(=O)N1CCCCCC1. The molecule has 0 bridgehead atoms. The summed E-state index contributed by atoms with van der Waals surface area (Å²) >= 11 is 1.64. The van der Waals surface area contributed by atoms with Gasteiger partial charge in [-0.15, -0.1) is 11.3 Å². The van der Waals surface area contributed by atoms with Crippen molar-refractivity contribution in [1.82, 2.24) is 9.80 Å². The highest BCUT2D eigenvalue weighted by atomic mass is 32.1. The maximum atomic E-state index is 12.4. The van der Waals surface area contributed by atoms with Gasteiger partial charge in [0.05, 0.1) is 13.1 Å². The van der Waals surface area contributed by atoms with Gasteiger partial charge in [0.2, 0.25) is 0 Å². The molecule has 1 aromatic rings. The van der Waals surface area contributed by atoms with Crippen molar-refractivity contribution in [1.29, 1.82) is 0 Å². The van der Waals surface area contributed by atoms with Crippen LogP contribution in [-0.4, -0.2) is 42.5 Å². The summed E-state index contributed by atoms with van der Waals surface area (Å²) in [6.45, 7) is 2.80. The average molecular weight is 305 g/mol. The summed E-state index contributed by atoms with van der Waals surface area (Å²) in [4.78, 5) is 17.4. The highest BCUT2D eigenvalue weighted by Gasteiger charge is 2.19. The molecule has 2 heterocycles. The van der Waals surface area contributed by atoms with Crippen LogP contribution < -0.4 is 5.73 Å². The Morgan fingerprint density at radius 2 is 2.10 bits per heavy atom. The molecule has 0 saturated carbocycles. The zero-order valence-corrected chi connectivity index (χ0v) is 13.4. The van der Waals surface area contributed by atoms with Crippen LogP contribution in [0, 0.1) is 11.8 Å². The first-order valence-corrected chi connectivity index (χ1v) is 8.35. The maximum Gasteiger partial charge on any atom is 0.320 e. The highest BCUT2D eigenvalue weighted by Crippen LogP contribution is 2.17. The molecule has 1 saturated heterocycles. The molecule has 1 aliphatic rings. The molecule has 4 nitrogen and oxygen atoms in total. The first-order valence-electron chi connectivity index (χ1n) is 7.47. The topological polar surface area (TPSA) is 49.6 Å². The second kappa shape index (κ2) is 8.06. The number of hydrogen-bond acceptors (Lipinski definition) is 3. The van der Waals surface area contributed by atoms with Gasteiger partial charge in [0, 0.05) is 36.0 Å². The first kappa shape index (κ1) is 15.9.